The van der Waals surface area contributed by atoms with Crippen molar-refractivity contribution in [3.8, 4) is 0 Å². The van der Waals surface area contributed by atoms with Crippen LogP contribution in [0.2, 0.25) is 0 Å². The molecule has 0 radical (unpaired) electrons. The van der Waals surface area contributed by atoms with Crippen molar-refractivity contribution in [2.24, 2.45) is 0 Å². The minimum absolute atomic E-state index is 0.187. The van der Waals surface area contributed by atoms with E-state index in [0.29, 0.717) is 49.7 Å². The average Bonchev–Trinajstić information content (AvgIpc) is 3.17. The Labute approximate surface area is 187 Å². The van der Waals surface area contributed by atoms with E-state index in [-0.39, 0.29) is 18.2 Å². The van der Waals surface area contributed by atoms with Crippen LogP contribution in [-0.4, -0.2) is 40.5 Å². The summed E-state index contributed by atoms with van der Waals surface area (Å²) in [5, 5.41) is 0.757. The van der Waals surface area contributed by atoms with E-state index >= 15 is 0 Å². The first-order valence-electron chi connectivity index (χ1n) is 10.5. The number of hydrogen-bond donors (Lipinski definition) is 1. The zero-order valence-electron chi connectivity index (χ0n) is 17.6. The minimum atomic E-state index is -4.43. The molecule has 1 amide bonds. The molecular weight excluding hydrogens is 437 g/mol. The number of halogens is 3. The number of alkyl halides is 3. The van der Waals surface area contributed by atoms with Crippen molar-refractivity contribution in [1.29, 1.82) is 0 Å². The van der Waals surface area contributed by atoms with E-state index in [0.717, 1.165) is 28.6 Å². The highest BCUT2D eigenvalue weighted by Crippen LogP contribution is 2.33. The summed E-state index contributed by atoms with van der Waals surface area (Å²) in [4.78, 5) is 23.8. The minimum Gasteiger partial charge on any atom is -0.383 e. The van der Waals surface area contributed by atoms with Gasteiger partial charge in [-0.1, -0.05) is 12.1 Å². The second-order valence-corrected chi connectivity index (χ2v) is 8.10. The lowest BCUT2D eigenvalue weighted by Gasteiger charge is -2.29. The number of carbonyl (C=O) groups is 1. The Morgan fingerprint density at radius 1 is 1.12 bits per heavy atom. The van der Waals surface area contributed by atoms with Gasteiger partial charge in [0.25, 0.3) is 5.91 Å². The Bertz CT molecular complexity index is 1210. The molecule has 1 fully saturated rings. The first-order chi connectivity index (χ1) is 15.8. The van der Waals surface area contributed by atoms with Gasteiger partial charge in [-0.05, 0) is 35.7 Å². The molecule has 2 N–H and O–H groups in total. The van der Waals surface area contributed by atoms with E-state index in [1.165, 1.54) is 18.3 Å². The zero-order chi connectivity index (χ0) is 23.2. The number of nitrogen functional groups attached to an aromatic ring is 1. The van der Waals surface area contributed by atoms with Gasteiger partial charge < -0.3 is 20.1 Å². The van der Waals surface area contributed by atoms with Crippen LogP contribution in [0.15, 0.2) is 36.5 Å². The topological polar surface area (TPSA) is 90.6 Å². The highest BCUT2D eigenvalue weighted by Gasteiger charge is 2.33. The molecule has 0 bridgehead atoms. The number of hydrogen-bond acceptors (Lipinski definition) is 6. The number of carbonyl (C=O) groups excluding carboxylic acids is 1. The average molecular weight is 458 g/mol. The largest absolute Gasteiger partial charge is 0.416 e. The van der Waals surface area contributed by atoms with Crippen LogP contribution >= 0.6 is 0 Å². The van der Waals surface area contributed by atoms with Crippen LogP contribution in [0.25, 0.3) is 10.9 Å². The van der Waals surface area contributed by atoms with Crippen LogP contribution in [-0.2, 0) is 28.9 Å². The fourth-order valence-corrected chi connectivity index (χ4v) is 4.33. The summed E-state index contributed by atoms with van der Waals surface area (Å²) in [6.07, 6.45) is -2.30. The van der Waals surface area contributed by atoms with Gasteiger partial charge >= 0.3 is 6.18 Å². The molecule has 2 aliphatic heterocycles. The third kappa shape index (κ3) is 4.00. The SMILES string of the molecule is Nc1nc2cnc(C(=O)N3CCCOC[C@@H]3c3ccc(C(F)(F)F)cc3)cc2c2c1COC2. The molecule has 3 aromatic rings. The molecule has 0 aliphatic carbocycles. The summed E-state index contributed by atoms with van der Waals surface area (Å²) in [7, 11) is 0. The highest BCUT2D eigenvalue weighted by atomic mass is 19.4. The molecule has 0 saturated carbocycles. The van der Waals surface area contributed by atoms with Crippen molar-refractivity contribution in [3.05, 3.63) is 64.5 Å². The Morgan fingerprint density at radius 3 is 2.64 bits per heavy atom. The fraction of sp³-hybridized carbons (Fsp3) is 0.348. The normalized spacial score (nSPS) is 18.9. The molecule has 1 aromatic carbocycles. The fourth-order valence-electron chi connectivity index (χ4n) is 4.33. The Morgan fingerprint density at radius 2 is 1.88 bits per heavy atom. The van der Waals surface area contributed by atoms with Crippen molar-refractivity contribution in [2.75, 3.05) is 25.5 Å². The molecule has 0 unspecified atom stereocenters. The lowest BCUT2D eigenvalue weighted by molar-refractivity contribution is -0.137. The van der Waals surface area contributed by atoms with Gasteiger partial charge in [-0.2, -0.15) is 13.2 Å². The number of amides is 1. The van der Waals surface area contributed by atoms with Gasteiger partial charge in [0.2, 0.25) is 0 Å². The smallest absolute Gasteiger partial charge is 0.383 e. The lowest BCUT2D eigenvalue weighted by Crippen LogP contribution is -2.37. The Kier molecular flexibility index (Phi) is 5.41. The molecule has 2 aliphatic rings. The molecule has 1 saturated heterocycles. The molecule has 4 heterocycles. The van der Waals surface area contributed by atoms with Gasteiger partial charge in [0.15, 0.2) is 0 Å². The highest BCUT2D eigenvalue weighted by molar-refractivity contribution is 5.97. The molecule has 0 spiro atoms. The lowest BCUT2D eigenvalue weighted by atomic mass is 10.0. The van der Waals surface area contributed by atoms with E-state index in [1.807, 2.05) is 0 Å². The monoisotopic (exact) mass is 458 g/mol. The van der Waals surface area contributed by atoms with Crippen LogP contribution in [0, 0.1) is 0 Å². The van der Waals surface area contributed by atoms with Crippen LogP contribution in [0.4, 0.5) is 19.0 Å². The first-order valence-corrected chi connectivity index (χ1v) is 10.5. The Hall–Kier alpha value is -3.24. The maximum Gasteiger partial charge on any atom is 0.416 e. The zero-order valence-corrected chi connectivity index (χ0v) is 17.6. The maximum absolute atomic E-state index is 13.5. The van der Waals surface area contributed by atoms with Crippen LogP contribution < -0.4 is 5.73 Å². The van der Waals surface area contributed by atoms with Gasteiger partial charge in [-0.15, -0.1) is 0 Å². The standard InChI is InChI=1S/C23H21F3N4O3/c24-23(25,26)14-4-2-13(3-5-14)20-12-32-7-1-6-30(20)22(31)18-8-15-16-10-33-11-17(16)21(27)29-19(15)9-28-18/h2-5,8-9,20H,1,6-7,10-12H2,(H2,27,29)/t20-/m1/s1. The summed E-state index contributed by atoms with van der Waals surface area (Å²) < 4.78 is 50.1. The second-order valence-electron chi connectivity index (χ2n) is 8.10. The number of nitrogens with zero attached hydrogens (tertiary/aromatic N) is 3. The van der Waals surface area contributed by atoms with E-state index in [4.69, 9.17) is 15.2 Å². The summed E-state index contributed by atoms with van der Waals surface area (Å²) >= 11 is 0. The molecule has 2 aromatic heterocycles. The predicted molar refractivity (Wildman–Crippen MR) is 113 cm³/mol. The number of anilines is 1. The van der Waals surface area contributed by atoms with Crippen LogP contribution in [0.5, 0.6) is 0 Å². The van der Waals surface area contributed by atoms with Gasteiger partial charge in [-0.25, -0.2) is 9.97 Å². The maximum atomic E-state index is 13.5. The third-order valence-electron chi connectivity index (χ3n) is 6.06. The number of pyridine rings is 2. The number of benzene rings is 1. The summed E-state index contributed by atoms with van der Waals surface area (Å²) in [5.41, 5.74) is 8.36. The van der Waals surface area contributed by atoms with E-state index in [1.54, 1.807) is 11.0 Å². The predicted octanol–water partition coefficient (Wildman–Crippen LogP) is 3.86. The van der Waals surface area contributed by atoms with Crippen LogP contribution in [0.1, 0.15) is 45.2 Å². The number of nitrogens with two attached hydrogens (primary N) is 1. The molecular formula is C23H21F3N4O3. The molecule has 10 heteroatoms. The molecule has 1 atom stereocenters. The number of rotatable bonds is 2. The van der Waals surface area contributed by atoms with Crippen molar-refractivity contribution in [1.82, 2.24) is 14.9 Å². The summed E-state index contributed by atoms with van der Waals surface area (Å²) in [6, 6.07) is 6.00. The van der Waals surface area contributed by atoms with Crippen LogP contribution in [0.3, 0.4) is 0 Å². The quantitative estimate of drug-likeness (QED) is 0.627. The van der Waals surface area contributed by atoms with E-state index < -0.39 is 17.8 Å². The van der Waals surface area contributed by atoms with Crippen molar-refractivity contribution in [2.45, 2.75) is 31.9 Å². The number of ether oxygens (including phenoxy) is 2. The molecule has 5 rings (SSSR count). The third-order valence-corrected chi connectivity index (χ3v) is 6.06. The molecule has 172 valence electrons. The van der Waals surface area contributed by atoms with Crippen molar-refractivity contribution in [3.63, 3.8) is 0 Å². The number of fused-ring (bicyclic) bond motifs is 3. The summed E-state index contributed by atoms with van der Waals surface area (Å²) in [5.74, 6) is 0.0692. The van der Waals surface area contributed by atoms with Gasteiger partial charge in [0.05, 0.1) is 43.1 Å². The van der Waals surface area contributed by atoms with Crippen molar-refractivity contribution < 1.29 is 27.4 Å². The second kappa shape index (κ2) is 8.27. The molecule has 7 nitrogen and oxygen atoms in total. The van der Waals surface area contributed by atoms with Gasteiger partial charge in [0.1, 0.15) is 11.5 Å². The van der Waals surface area contributed by atoms with Crippen molar-refractivity contribution >= 4 is 22.6 Å². The Balaban J connectivity index is 1.50. The first kappa shape index (κ1) is 21.6. The summed E-state index contributed by atoms with van der Waals surface area (Å²) in [6.45, 7) is 1.79. The van der Waals surface area contributed by atoms with E-state index in [9.17, 15) is 18.0 Å². The van der Waals surface area contributed by atoms with Gasteiger partial charge in [0, 0.05) is 24.1 Å². The van der Waals surface area contributed by atoms with Gasteiger partial charge in [-0.3, -0.25) is 4.79 Å². The molecule has 33 heavy (non-hydrogen) atoms. The number of aromatic nitrogens is 2. The van der Waals surface area contributed by atoms with E-state index in [2.05, 4.69) is 9.97 Å².